The predicted octanol–water partition coefficient (Wildman–Crippen LogP) is 5.71. The van der Waals surface area contributed by atoms with E-state index in [1.165, 1.54) is 0 Å². The van der Waals surface area contributed by atoms with Gasteiger partial charge < -0.3 is 26.5 Å². The first-order chi connectivity index (χ1) is 22.1. The van der Waals surface area contributed by atoms with E-state index in [1.807, 2.05) is 6.92 Å². The average molecular weight is 695 g/mol. The maximum Gasteiger partial charge on any atom is 0.408 e. The summed E-state index contributed by atoms with van der Waals surface area (Å²) in [6, 6.07) is 3.53. The molecule has 0 fully saturated rings. The standard InChI is InChI=1S/C33H39Cl2F2N5O5/c1-5-16(3)26(29(38)43)40-31(45)33(8-7-25-23(14-33)22-11-19(34)12-24(35)27(22)39-25)41-30(44)28(17(4)6-2)42(32(46)47)15-18-9-20(36)13-21(37)10-18/h9-13,16-17,26,28,39H,5-8,14-15H2,1-4H3,(H2,38,43)(H,40,45)(H,41,44)(H,46,47)/t16?,17?,26-,28-,33+/m0/s1. The summed E-state index contributed by atoms with van der Waals surface area (Å²) in [5, 5.41) is 17.3. The second kappa shape index (κ2) is 14.5. The number of carboxylic acid groups (broad SMARTS) is 1. The van der Waals surface area contributed by atoms with Crippen LogP contribution in [0.5, 0.6) is 0 Å². The molecule has 5 atom stereocenters. The Kier molecular flexibility index (Phi) is 11.1. The summed E-state index contributed by atoms with van der Waals surface area (Å²) >= 11 is 12.8. The number of aromatic amines is 1. The number of fused-ring (bicyclic) bond motifs is 3. The molecule has 2 unspecified atom stereocenters. The molecule has 254 valence electrons. The number of rotatable bonds is 12. The Morgan fingerprint density at radius 2 is 1.68 bits per heavy atom. The Balaban J connectivity index is 1.80. The van der Waals surface area contributed by atoms with E-state index in [2.05, 4.69) is 15.6 Å². The summed E-state index contributed by atoms with van der Waals surface area (Å²) in [6.45, 7) is 6.56. The molecule has 1 aliphatic carbocycles. The van der Waals surface area contributed by atoms with Crippen molar-refractivity contribution in [3.63, 3.8) is 0 Å². The zero-order chi connectivity index (χ0) is 34.8. The number of aromatic nitrogens is 1. The molecule has 0 radical (unpaired) electrons. The lowest BCUT2D eigenvalue weighted by molar-refractivity contribution is -0.139. The van der Waals surface area contributed by atoms with Gasteiger partial charge in [-0.05, 0) is 60.1 Å². The highest BCUT2D eigenvalue weighted by Crippen LogP contribution is 2.38. The summed E-state index contributed by atoms with van der Waals surface area (Å²) in [5.41, 5.74) is 6.09. The number of nitrogens with zero attached hydrogens (tertiary/aromatic N) is 1. The molecule has 1 aromatic heterocycles. The second-order valence-corrected chi connectivity index (χ2v) is 13.2. The number of amides is 4. The van der Waals surface area contributed by atoms with Crippen molar-refractivity contribution < 1.29 is 33.1 Å². The van der Waals surface area contributed by atoms with Crippen LogP contribution in [0.4, 0.5) is 13.6 Å². The zero-order valence-corrected chi connectivity index (χ0v) is 28.1. The van der Waals surface area contributed by atoms with Crippen LogP contribution in [0.15, 0.2) is 30.3 Å². The van der Waals surface area contributed by atoms with E-state index in [4.69, 9.17) is 28.9 Å². The lowest BCUT2D eigenvalue weighted by Crippen LogP contribution is -2.67. The lowest BCUT2D eigenvalue weighted by Gasteiger charge is -2.41. The molecule has 4 rings (SSSR count). The van der Waals surface area contributed by atoms with E-state index >= 15 is 0 Å². The number of primary amides is 1. The number of halogens is 4. The maximum atomic E-state index is 14.3. The Bertz CT molecular complexity index is 1680. The van der Waals surface area contributed by atoms with Crippen molar-refractivity contribution in [3.05, 3.63) is 68.8 Å². The van der Waals surface area contributed by atoms with Crippen molar-refractivity contribution >= 4 is 57.9 Å². The fourth-order valence-electron chi connectivity index (χ4n) is 6.26. The predicted molar refractivity (Wildman–Crippen MR) is 175 cm³/mol. The summed E-state index contributed by atoms with van der Waals surface area (Å²) in [4.78, 5) is 57.8. The minimum Gasteiger partial charge on any atom is -0.465 e. The smallest absolute Gasteiger partial charge is 0.408 e. The number of H-pyrrole nitrogens is 1. The molecule has 0 spiro atoms. The van der Waals surface area contributed by atoms with E-state index in [0.29, 0.717) is 45.4 Å². The number of carbonyl (C=O) groups excluding carboxylic acids is 3. The lowest BCUT2D eigenvalue weighted by atomic mass is 9.78. The van der Waals surface area contributed by atoms with Gasteiger partial charge in [-0.1, -0.05) is 63.7 Å². The van der Waals surface area contributed by atoms with E-state index in [1.54, 1.807) is 32.9 Å². The molecule has 14 heteroatoms. The molecule has 2 aromatic carbocycles. The van der Waals surface area contributed by atoms with Gasteiger partial charge in [-0.25, -0.2) is 13.6 Å². The Morgan fingerprint density at radius 3 is 2.26 bits per heavy atom. The van der Waals surface area contributed by atoms with Gasteiger partial charge in [-0.15, -0.1) is 0 Å². The largest absolute Gasteiger partial charge is 0.465 e. The number of nitrogens with two attached hydrogens (primary N) is 1. The third-order valence-corrected chi connectivity index (χ3v) is 9.73. The fourth-order valence-corrected chi connectivity index (χ4v) is 6.80. The molecule has 1 heterocycles. The quantitative estimate of drug-likeness (QED) is 0.164. The number of benzene rings is 2. The molecule has 6 N–H and O–H groups in total. The molecule has 0 saturated heterocycles. The van der Waals surface area contributed by atoms with Crippen LogP contribution in [0.3, 0.4) is 0 Å². The van der Waals surface area contributed by atoms with Gasteiger partial charge in [0.2, 0.25) is 17.7 Å². The molecule has 0 saturated carbocycles. The van der Waals surface area contributed by atoms with Gasteiger partial charge in [0, 0.05) is 28.6 Å². The van der Waals surface area contributed by atoms with Gasteiger partial charge in [0.25, 0.3) is 0 Å². The van der Waals surface area contributed by atoms with Crippen LogP contribution >= 0.6 is 23.2 Å². The zero-order valence-electron chi connectivity index (χ0n) is 26.6. The van der Waals surface area contributed by atoms with E-state index in [0.717, 1.165) is 22.7 Å². The van der Waals surface area contributed by atoms with Crippen molar-refractivity contribution in [2.75, 3.05) is 0 Å². The molecule has 47 heavy (non-hydrogen) atoms. The minimum atomic E-state index is -1.66. The molecular weight excluding hydrogens is 655 g/mol. The van der Waals surface area contributed by atoms with Gasteiger partial charge in [0.15, 0.2) is 0 Å². The molecule has 0 bridgehead atoms. The number of aryl methyl sites for hydroxylation is 1. The first-order valence-corrected chi connectivity index (χ1v) is 16.2. The van der Waals surface area contributed by atoms with Gasteiger partial charge in [-0.2, -0.15) is 0 Å². The third kappa shape index (κ3) is 7.65. The molecular formula is C33H39Cl2F2N5O5. The summed E-state index contributed by atoms with van der Waals surface area (Å²) in [7, 11) is 0. The Hall–Kier alpha value is -3.90. The van der Waals surface area contributed by atoms with Crippen LogP contribution < -0.4 is 16.4 Å². The maximum absolute atomic E-state index is 14.3. The van der Waals surface area contributed by atoms with Crippen LogP contribution in [-0.2, 0) is 33.8 Å². The van der Waals surface area contributed by atoms with Crippen LogP contribution in [0.25, 0.3) is 10.9 Å². The highest BCUT2D eigenvalue weighted by molar-refractivity contribution is 6.38. The van der Waals surface area contributed by atoms with Crippen molar-refractivity contribution in [1.29, 1.82) is 0 Å². The molecule has 4 amide bonds. The van der Waals surface area contributed by atoms with Crippen LogP contribution in [0.1, 0.15) is 63.8 Å². The summed E-state index contributed by atoms with van der Waals surface area (Å²) < 4.78 is 28.1. The van der Waals surface area contributed by atoms with Crippen molar-refractivity contribution in [1.82, 2.24) is 20.5 Å². The van der Waals surface area contributed by atoms with Crippen LogP contribution in [0.2, 0.25) is 10.0 Å². The normalized spacial score (nSPS) is 18.5. The van der Waals surface area contributed by atoms with Gasteiger partial charge in [-0.3, -0.25) is 19.3 Å². The molecule has 10 nitrogen and oxygen atoms in total. The minimum absolute atomic E-state index is 0.00571. The highest BCUT2D eigenvalue weighted by atomic mass is 35.5. The summed E-state index contributed by atoms with van der Waals surface area (Å²) in [6.07, 6.45) is -0.280. The monoisotopic (exact) mass is 693 g/mol. The van der Waals surface area contributed by atoms with Gasteiger partial charge >= 0.3 is 6.09 Å². The highest BCUT2D eigenvalue weighted by Gasteiger charge is 2.47. The van der Waals surface area contributed by atoms with Gasteiger partial charge in [0.1, 0.15) is 29.3 Å². The second-order valence-electron chi connectivity index (χ2n) is 12.4. The van der Waals surface area contributed by atoms with E-state index < -0.39 is 65.5 Å². The van der Waals surface area contributed by atoms with E-state index in [9.17, 15) is 33.1 Å². The van der Waals surface area contributed by atoms with Crippen LogP contribution in [-0.4, -0.2) is 56.4 Å². The van der Waals surface area contributed by atoms with Crippen LogP contribution in [0, 0.1) is 23.5 Å². The summed E-state index contributed by atoms with van der Waals surface area (Å²) in [5.74, 6) is -4.88. The molecule has 1 aliphatic rings. The number of carbonyl (C=O) groups is 4. The number of hydrogen-bond acceptors (Lipinski definition) is 4. The first kappa shape index (κ1) is 35.9. The molecule has 3 aromatic rings. The number of hydrogen-bond donors (Lipinski definition) is 5. The number of nitrogens with one attached hydrogen (secondary N) is 3. The third-order valence-electron chi connectivity index (χ3n) is 9.21. The van der Waals surface area contributed by atoms with Crippen molar-refractivity contribution in [2.24, 2.45) is 17.6 Å². The first-order valence-electron chi connectivity index (χ1n) is 15.5. The Labute approximate surface area is 281 Å². The average Bonchev–Trinajstić information content (AvgIpc) is 3.35. The topological polar surface area (TPSA) is 158 Å². The fraction of sp³-hybridized carbons (Fsp3) is 0.455. The van der Waals surface area contributed by atoms with Gasteiger partial charge in [0.05, 0.1) is 17.1 Å². The van der Waals surface area contributed by atoms with Crippen molar-refractivity contribution in [2.45, 2.75) is 84.0 Å². The Morgan fingerprint density at radius 1 is 1.04 bits per heavy atom. The van der Waals surface area contributed by atoms with E-state index in [-0.39, 0.29) is 30.7 Å². The van der Waals surface area contributed by atoms with Crippen molar-refractivity contribution in [3.8, 4) is 0 Å². The SMILES string of the molecule is CCC(C)[C@H](NC(=O)[C@@]1(NC(=O)[C@H](C(C)CC)N(Cc2cc(F)cc(F)c2)C(=O)O)CCc2[nH]c3c(Cl)cc(Cl)cc3c2C1)C(N)=O. The molecule has 0 aliphatic heterocycles.